The highest BCUT2D eigenvalue weighted by Crippen LogP contribution is 2.56. The van der Waals surface area contributed by atoms with Crippen LogP contribution in [0.3, 0.4) is 0 Å². The topological polar surface area (TPSA) is 199 Å². The van der Waals surface area contributed by atoms with Gasteiger partial charge in [0.2, 0.25) is 0 Å². The van der Waals surface area contributed by atoms with Crippen LogP contribution in [0.25, 0.3) is 0 Å². The van der Waals surface area contributed by atoms with Gasteiger partial charge < -0.3 is 59.8 Å². The average molecular weight is 969 g/mol. The molecule has 0 fully saturated rings. The Kier molecular flexibility index (Phi) is 12.7. The molecule has 0 heterocycles. The Morgan fingerprint density at radius 3 is 0.514 bits per heavy atom. The van der Waals surface area contributed by atoms with Crippen molar-refractivity contribution >= 4 is 0 Å². The van der Waals surface area contributed by atoms with Crippen LogP contribution in [-0.4, -0.2) is 69.3 Å². The third kappa shape index (κ3) is 7.98. The Morgan fingerprint density at radius 2 is 0.389 bits per heavy atom. The molecule has 0 aliphatic heterocycles. The van der Waals surface area contributed by atoms with Gasteiger partial charge in [-0.1, -0.05) is 48.5 Å². The van der Waals surface area contributed by atoms with Crippen LogP contribution in [0.1, 0.15) is 113 Å². The summed E-state index contributed by atoms with van der Waals surface area (Å²) in [7, 11) is 6.17. The second-order valence-corrected chi connectivity index (χ2v) is 18.3. The predicted molar refractivity (Wildman–Crippen MR) is 274 cm³/mol. The van der Waals surface area contributed by atoms with E-state index in [2.05, 4.69) is 0 Å². The molecular weight excluding hydrogens is 913 g/mol. The van der Waals surface area contributed by atoms with Crippen molar-refractivity contribution in [3.63, 3.8) is 0 Å². The van der Waals surface area contributed by atoms with Gasteiger partial charge in [0.05, 0.1) is 28.4 Å². The molecule has 0 spiro atoms. The van der Waals surface area contributed by atoms with Gasteiger partial charge in [-0.25, -0.2) is 0 Å². The lowest BCUT2D eigenvalue weighted by Gasteiger charge is -2.31. The quantitative estimate of drug-likeness (QED) is 0.0718. The number of ether oxygens (including phenoxy) is 4. The summed E-state index contributed by atoms with van der Waals surface area (Å²) in [5.74, 6) is -4.20. The van der Waals surface area contributed by atoms with E-state index in [0.717, 1.165) is 0 Å². The minimum atomic E-state index is -1.02. The van der Waals surface area contributed by atoms with Gasteiger partial charge in [0, 0.05) is 90.4 Å². The molecule has 0 radical (unpaired) electrons. The van der Waals surface area contributed by atoms with Gasteiger partial charge in [0.25, 0.3) is 0 Å². The molecule has 9 rings (SSSR count). The number of phenolic OH excluding ortho intramolecular Hbond substituents is 8. The van der Waals surface area contributed by atoms with Gasteiger partial charge in [0.1, 0.15) is 69.0 Å². The summed E-state index contributed by atoms with van der Waals surface area (Å²) in [4.78, 5) is 0. The average Bonchev–Trinajstić information content (AvgIpc) is 3.40. The van der Waals surface area contributed by atoms with Crippen molar-refractivity contribution in [3.8, 4) is 69.0 Å². The second kappa shape index (κ2) is 18.9. The number of phenols is 8. The van der Waals surface area contributed by atoms with Crippen LogP contribution in [0, 0.1) is 27.7 Å². The first-order chi connectivity index (χ1) is 34.5. The van der Waals surface area contributed by atoms with Crippen LogP contribution in [0.15, 0.2) is 121 Å². The molecule has 72 heavy (non-hydrogen) atoms. The van der Waals surface area contributed by atoms with Crippen molar-refractivity contribution in [2.45, 2.75) is 51.4 Å². The Balaban J connectivity index is 1.53. The molecule has 8 aromatic rings. The molecule has 0 saturated carbocycles. The normalized spacial score (nSPS) is 16.2. The van der Waals surface area contributed by atoms with Crippen molar-refractivity contribution in [2.24, 2.45) is 0 Å². The fraction of sp³-hybridized carbons (Fsp3) is 0.200. The van der Waals surface area contributed by atoms with Crippen LogP contribution in [0.2, 0.25) is 0 Å². The van der Waals surface area contributed by atoms with Crippen molar-refractivity contribution in [1.82, 2.24) is 0 Å². The summed E-state index contributed by atoms with van der Waals surface area (Å²) in [5, 5.41) is 99.8. The summed E-state index contributed by atoms with van der Waals surface area (Å²) in [5.41, 5.74) is 4.70. The van der Waals surface area contributed by atoms with Gasteiger partial charge in [-0.15, -0.1) is 0 Å². The Bertz CT molecular complexity index is 2800. The molecule has 1 aliphatic carbocycles. The molecule has 0 aromatic heterocycles. The number of rotatable bonds is 8. The summed E-state index contributed by atoms with van der Waals surface area (Å²) in [6.45, 7) is 6.30. The highest BCUT2D eigenvalue weighted by Gasteiger charge is 2.37. The number of hydrogen-bond donors (Lipinski definition) is 8. The predicted octanol–water partition coefficient (Wildman–Crippen LogP) is 11.6. The number of hydrogen-bond acceptors (Lipinski definition) is 12. The standard InChI is InChI=1S/C60H56O12/c1-29-53(61)41-25-42(54(29)62)50(34-11-19-38(70-6)20-12-34)44-27-46(58(66)31(3)56(44)64)52(36-15-23-40(72-8)24-16-36)48-28-47(59(67)32(4)60(48)68)51(35-13-21-39(71-7)22-14-35)45-26-43(55(63)30(2)57(45)65)49(41)33-9-17-37(69-5)18-10-33/h9-28,49-52,61-68H,1-8H3. The smallest absolute Gasteiger partial charge is 0.126 e. The lowest BCUT2D eigenvalue weighted by atomic mass is 9.73. The van der Waals surface area contributed by atoms with Crippen LogP contribution in [-0.2, 0) is 0 Å². The summed E-state index contributed by atoms with van der Waals surface area (Å²) in [6, 6.07) is 35.0. The highest BCUT2D eigenvalue weighted by atomic mass is 16.5. The SMILES string of the molecule is COc1ccc(C2c3cc(c(O)c(C)c3O)C(c3ccc(OC)cc3)c3cc(c(O)c(C)c3O)C(c3ccc(OC)cc3)c3cc(c(O)c(C)c3O)C(c3ccc(OC)cc3)c3cc2c(O)c(C)c3O)cc1. The van der Waals surface area contributed by atoms with E-state index in [1.54, 1.807) is 177 Å². The van der Waals surface area contributed by atoms with Crippen LogP contribution in [0.4, 0.5) is 0 Å². The van der Waals surface area contributed by atoms with E-state index in [9.17, 15) is 40.9 Å². The molecule has 0 atom stereocenters. The van der Waals surface area contributed by atoms with E-state index in [0.29, 0.717) is 45.3 Å². The monoisotopic (exact) mass is 968 g/mol. The molecule has 8 aromatic carbocycles. The van der Waals surface area contributed by atoms with E-state index in [4.69, 9.17) is 18.9 Å². The molecule has 12 nitrogen and oxygen atoms in total. The van der Waals surface area contributed by atoms with Crippen LogP contribution in [0.5, 0.6) is 69.0 Å². The van der Waals surface area contributed by atoms with Gasteiger partial charge in [-0.05, 0) is 123 Å². The Hall–Kier alpha value is -8.64. The van der Waals surface area contributed by atoms with E-state index < -0.39 is 23.7 Å². The van der Waals surface area contributed by atoms with E-state index in [1.807, 2.05) is 0 Å². The van der Waals surface area contributed by atoms with Crippen LogP contribution < -0.4 is 18.9 Å². The zero-order valence-corrected chi connectivity index (χ0v) is 41.1. The molecule has 1 aliphatic rings. The molecule has 0 amide bonds. The molecule has 0 unspecified atom stereocenters. The number of benzene rings is 8. The lowest BCUT2D eigenvalue weighted by molar-refractivity contribution is 0.414. The zero-order valence-electron chi connectivity index (χ0n) is 41.1. The summed E-state index contributed by atoms with van der Waals surface area (Å²) >= 11 is 0. The molecule has 8 N–H and O–H groups in total. The van der Waals surface area contributed by atoms with Gasteiger partial charge in [0.15, 0.2) is 0 Å². The maximum absolute atomic E-state index is 12.5. The minimum Gasteiger partial charge on any atom is -0.507 e. The largest absolute Gasteiger partial charge is 0.507 e. The number of fused-ring (bicyclic) bond motifs is 8. The van der Waals surface area contributed by atoms with Crippen molar-refractivity contribution < 1.29 is 59.8 Å². The summed E-state index contributed by atoms with van der Waals surface area (Å²) in [6.07, 6.45) is 0. The Morgan fingerprint density at radius 1 is 0.250 bits per heavy atom. The highest BCUT2D eigenvalue weighted by molar-refractivity contribution is 5.71. The van der Waals surface area contributed by atoms with Crippen molar-refractivity contribution in [3.05, 3.63) is 210 Å². The first-order valence-electron chi connectivity index (χ1n) is 23.3. The van der Waals surface area contributed by atoms with Crippen LogP contribution >= 0.6 is 0 Å². The van der Waals surface area contributed by atoms with Crippen molar-refractivity contribution in [1.29, 1.82) is 0 Å². The molecule has 0 saturated heterocycles. The van der Waals surface area contributed by atoms with Gasteiger partial charge in [-0.3, -0.25) is 0 Å². The van der Waals surface area contributed by atoms with E-state index >= 15 is 0 Å². The molecule has 368 valence electrons. The second-order valence-electron chi connectivity index (χ2n) is 18.3. The Labute approximate surface area is 417 Å². The maximum Gasteiger partial charge on any atom is 0.126 e. The van der Waals surface area contributed by atoms with Gasteiger partial charge >= 0.3 is 0 Å². The fourth-order valence-corrected chi connectivity index (χ4v) is 10.5. The number of methoxy groups -OCH3 is 4. The first-order valence-corrected chi connectivity index (χ1v) is 23.3. The van der Waals surface area contributed by atoms with E-state index in [1.165, 1.54) is 0 Å². The first kappa shape index (κ1) is 48.4. The third-order valence-corrected chi connectivity index (χ3v) is 14.6. The lowest BCUT2D eigenvalue weighted by Crippen LogP contribution is -2.14. The van der Waals surface area contributed by atoms with Gasteiger partial charge in [-0.2, -0.15) is 0 Å². The summed E-state index contributed by atoms with van der Waals surface area (Å²) < 4.78 is 22.2. The molecule has 12 heteroatoms. The molecular formula is C60H56O12. The third-order valence-electron chi connectivity index (χ3n) is 14.6. The maximum atomic E-state index is 12.5. The van der Waals surface area contributed by atoms with E-state index in [-0.39, 0.29) is 113 Å². The number of aromatic hydroxyl groups is 8. The van der Waals surface area contributed by atoms with Crippen molar-refractivity contribution in [2.75, 3.05) is 28.4 Å². The minimum absolute atomic E-state index is 0.0959. The molecule has 8 bridgehead atoms. The zero-order chi connectivity index (χ0) is 51.4. The fourth-order valence-electron chi connectivity index (χ4n) is 10.5.